The Labute approximate surface area is 246 Å². The van der Waals surface area contributed by atoms with Crippen molar-refractivity contribution < 1.29 is 27.4 Å². The molecule has 0 amide bonds. The number of rotatable bonds is 12. The maximum atomic E-state index is 13.3. The summed E-state index contributed by atoms with van der Waals surface area (Å²) in [6, 6.07) is 18.8. The lowest BCUT2D eigenvalue weighted by Gasteiger charge is -2.19. The largest absolute Gasteiger partial charge is 0.476 e. The second kappa shape index (κ2) is 12.2. The molecule has 0 atom stereocenters. The van der Waals surface area contributed by atoms with E-state index in [9.17, 15) is 28.1 Å². The normalized spacial score (nSPS) is 13.8. The molecule has 9 nitrogen and oxygen atoms in total. The quantitative estimate of drug-likeness (QED) is 0.140. The van der Waals surface area contributed by atoms with Crippen molar-refractivity contribution in [2.75, 3.05) is 5.32 Å². The van der Waals surface area contributed by atoms with E-state index < -0.39 is 16.0 Å². The van der Waals surface area contributed by atoms with E-state index in [1.807, 2.05) is 0 Å². The van der Waals surface area contributed by atoms with Gasteiger partial charge in [0.1, 0.15) is 17.3 Å². The van der Waals surface area contributed by atoms with E-state index in [-0.39, 0.29) is 28.5 Å². The number of aromatic nitrogens is 1. The molecule has 1 aromatic heterocycles. The molecule has 0 unspecified atom stereocenters. The zero-order chi connectivity index (χ0) is 29.9. The molecule has 216 valence electrons. The Morgan fingerprint density at radius 2 is 1.81 bits per heavy atom. The Bertz CT molecular complexity index is 1760. The molecule has 5 rings (SSSR count). The molecule has 1 aliphatic carbocycles. The summed E-state index contributed by atoms with van der Waals surface area (Å²) >= 11 is 1.16. The highest BCUT2D eigenvalue weighted by atomic mass is 32.2. The standard InChI is InChI=1S/C30H27FN4O5S2/c31-21-8-10-22(11-9-21)40-23-3-1-2-20(16-23)28(32)25(14-18-6-12-24(13-7-18)42(33,38)39)26(15-19-4-5-19)34-30-35-27(17-41-30)29(36)37/h1-3,6-13,16-17,19,32H,4-5,14-15H2,(H,34,35)(H,36,37)(H2,33,38,39)/b26-25-,32-28?. The fourth-order valence-corrected chi connectivity index (χ4v) is 5.52. The van der Waals surface area contributed by atoms with E-state index in [0.29, 0.717) is 40.1 Å². The molecule has 12 heteroatoms. The summed E-state index contributed by atoms with van der Waals surface area (Å²) in [6.07, 6.45) is 2.97. The van der Waals surface area contributed by atoms with Crippen LogP contribution in [0.25, 0.3) is 0 Å². The van der Waals surface area contributed by atoms with Crippen molar-refractivity contribution in [1.82, 2.24) is 4.98 Å². The van der Waals surface area contributed by atoms with E-state index in [4.69, 9.17) is 9.88 Å². The van der Waals surface area contributed by atoms with Crippen LogP contribution in [0.5, 0.6) is 11.5 Å². The Morgan fingerprint density at radius 3 is 2.43 bits per heavy atom. The predicted molar refractivity (Wildman–Crippen MR) is 158 cm³/mol. The molecule has 0 spiro atoms. The summed E-state index contributed by atoms with van der Waals surface area (Å²) in [5.41, 5.74) is 2.81. The number of nitrogens with one attached hydrogen (secondary N) is 2. The number of benzene rings is 3. The van der Waals surface area contributed by atoms with Gasteiger partial charge in [0.05, 0.1) is 10.6 Å². The van der Waals surface area contributed by atoms with Gasteiger partial charge in [-0.25, -0.2) is 27.7 Å². The van der Waals surface area contributed by atoms with Gasteiger partial charge in [-0.2, -0.15) is 0 Å². The first-order valence-electron chi connectivity index (χ1n) is 13.0. The number of ether oxygens (including phenoxy) is 1. The van der Waals surface area contributed by atoms with Gasteiger partial charge in [0, 0.05) is 28.6 Å². The minimum Gasteiger partial charge on any atom is -0.476 e. The summed E-state index contributed by atoms with van der Waals surface area (Å²) in [4.78, 5) is 15.6. The van der Waals surface area contributed by atoms with Gasteiger partial charge in [0.15, 0.2) is 10.8 Å². The fraction of sp³-hybridized carbons (Fsp3) is 0.167. The van der Waals surface area contributed by atoms with E-state index >= 15 is 0 Å². The van der Waals surface area contributed by atoms with E-state index in [2.05, 4.69) is 10.3 Å². The van der Waals surface area contributed by atoms with Gasteiger partial charge in [-0.3, -0.25) is 5.41 Å². The third kappa shape index (κ3) is 7.46. The number of primary sulfonamides is 1. The Kier molecular flexibility index (Phi) is 8.48. The van der Waals surface area contributed by atoms with Gasteiger partial charge in [-0.05, 0) is 79.3 Å². The number of anilines is 1. The molecular formula is C30H27FN4O5S2. The SMILES string of the molecule is N=C(/C(Cc1ccc(S(N)(=O)=O)cc1)=C(/CC1CC1)Nc1nc(C(=O)O)cs1)c1cccc(Oc2ccc(F)cc2)c1. The molecule has 1 aliphatic rings. The van der Waals surface area contributed by atoms with Gasteiger partial charge >= 0.3 is 5.97 Å². The smallest absolute Gasteiger partial charge is 0.355 e. The minimum atomic E-state index is -3.87. The number of carbonyl (C=O) groups is 1. The highest BCUT2D eigenvalue weighted by molar-refractivity contribution is 7.89. The average Bonchev–Trinajstić information content (AvgIpc) is 3.65. The molecular weight excluding hydrogens is 579 g/mol. The van der Waals surface area contributed by atoms with Crippen LogP contribution in [-0.4, -0.2) is 30.2 Å². The molecule has 1 fully saturated rings. The number of sulfonamides is 1. The summed E-state index contributed by atoms with van der Waals surface area (Å²) < 4.78 is 42.8. The molecule has 3 aromatic carbocycles. The van der Waals surface area contributed by atoms with Crippen LogP contribution >= 0.6 is 11.3 Å². The van der Waals surface area contributed by atoms with Crippen molar-refractivity contribution in [2.45, 2.75) is 30.6 Å². The lowest BCUT2D eigenvalue weighted by Crippen LogP contribution is -2.15. The number of nitrogens with zero attached hydrogens (tertiary/aromatic N) is 1. The van der Waals surface area contributed by atoms with Crippen LogP contribution in [0.3, 0.4) is 0 Å². The molecule has 5 N–H and O–H groups in total. The molecule has 0 bridgehead atoms. The number of nitrogens with two attached hydrogens (primary N) is 1. The summed E-state index contributed by atoms with van der Waals surface area (Å²) in [5.74, 6) is -0.195. The van der Waals surface area contributed by atoms with Gasteiger partial charge in [0.2, 0.25) is 10.0 Å². The number of aromatic carboxylic acids is 1. The van der Waals surface area contributed by atoms with Crippen LogP contribution in [0, 0.1) is 17.1 Å². The van der Waals surface area contributed by atoms with E-state index in [1.54, 1.807) is 36.4 Å². The average molecular weight is 607 g/mol. The Morgan fingerprint density at radius 1 is 1.10 bits per heavy atom. The van der Waals surface area contributed by atoms with Crippen molar-refractivity contribution >= 4 is 38.2 Å². The van der Waals surface area contributed by atoms with Gasteiger partial charge in [0.25, 0.3) is 0 Å². The maximum Gasteiger partial charge on any atom is 0.355 e. The van der Waals surface area contributed by atoms with E-state index in [1.165, 1.54) is 41.8 Å². The number of halogens is 1. The molecule has 1 heterocycles. The number of thiazole rings is 1. The van der Waals surface area contributed by atoms with Crippen LogP contribution < -0.4 is 15.2 Å². The van der Waals surface area contributed by atoms with Crippen molar-refractivity contribution in [3.63, 3.8) is 0 Å². The third-order valence-corrected chi connectivity index (χ3v) is 8.33. The van der Waals surface area contributed by atoms with Crippen molar-refractivity contribution in [2.24, 2.45) is 11.1 Å². The van der Waals surface area contributed by atoms with Crippen LogP contribution in [0.1, 0.15) is 40.9 Å². The minimum absolute atomic E-state index is 0.0159. The number of hydrogen-bond acceptors (Lipinski definition) is 8. The second-order valence-corrected chi connectivity index (χ2v) is 12.3. The number of hydrogen-bond donors (Lipinski definition) is 4. The Balaban J connectivity index is 1.53. The number of allylic oxidation sites excluding steroid dienone is 2. The maximum absolute atomic E-state index is 13.3. The van der Waals surface area contributed by atoms with Gasteiger partial charge in [-0.1, -0.05) is 24.3 Å². The highest BCUT2D eigenvalue weighted by Crippen LogP contribution is 2.38. The van der Waals surface area contributed by atoms with Crippen LogP contribution in [0.4, 0.5) is 9.52 Å². The number of carboxylic acid groups (broad SMARTS) is 1. The first-order valence-corrected chi connectivity index (χ1v) is 15.4. The monoisotopic (exact) mass is 606 g/mol. The van der Waals surface area contributed by atoms with Crippen molar-refractivity contribution in [3.8, 4) is 11.5 Å². The zero-order valence-corrected chi connectivity index (χ0v) is 23.8. The van der Waals surface area contributed by atoms with Crippen LogP contribution in [-0.2, 0) is 16.4 Å². The van der Waals surface area contributed by atoms with Crippen molar-refractivity contribution in [1.29, 1.82) is 5.41 Å². The predicted octanol–water partition coefficient (Wildman–Crippen LogP) is 6.20. The fourth-order valence-electron chi connectivity index (χ4n) is 4.29. The van der Waals surface area contributed by atoms with Gasteiger partial charge < -0.3 is 15.2 Å². The zero-order valence-electron chi connectivity index (χ0n) is 22.2. The van der Waals surface area contributed by atoms with Gasteiger partial charge in [-0.15, -0.1) is 11.3 Å². The second-order valence-electron chi connectivity index (χ2n) is 9.90. The molecule has 0 saturated heterocycles. The first-order chi connectivity index (χ1) is 20.0. The molecule has 0 aliphatic heterocycles. The topological polar surface area (TPSA) is 155 Å². The molecule has 4 aromatic rings. The molecule has 42 heavy (non-hydrogen) atoms. The van der Waals surface area contributed by atoms with Crippen molar-refractivity contribution in [3.05, 3.63) is 112 Å². The van der Waals surface area contributed by atoms with Crippen LogP contribution in [0.15, 0.2) is 94.3 Å². The summed E-state index contributed by atoms with van der Waals surface area (Å²) in [6.45, 7) is 0. The molecule has 0 radical (unpaired) electrons. The summed E-state index contributed by atoms with van der Waals surface area (Å²) in [5, 5.41) is 29.0. The van der Waals surface area contributed by atoms with E-state index in [0.717, 1.165) is 35.4 Å². The first kappa shape index (κ1) is 29.1. The lowest BCUT2D eigenvalue weighted by atomic mass is 9.92. The Hall–Kier alpha value is -4.39. The lowest BCUT2D eigenvalue weighted by molar-refractivity contribution is 0.0691. The number of carboxylic acids is 1. The third-order valence-electron chi connectivity index (χ3n) is 6.64. The van der Waals surface area contributed by atoms with Crippen LogP contribution in [0.2, 0.25) is 0 Å². The summed E-state index contributed by atoms with van der Waals surface area (Å²) in [7, 11) is -3.87. The highest BCUT2D eigenvalue weighted by Gasteiger charge is 2.26. The molecule has 1 saturated carbocycles.